The lowest BCUT2D eigenvalue weighted by molar-refractivity contribution is -0.305. The van der Waals surface area contributed by atoms with Gasteiger partial charge in [-0.3, -0.25) is 4.79 Å². The van der Waals surface area contributed by atoms with Crippen molar-refractivity contribution in [1.82, 2.24) is 5.32 Å². The normalized spacial score (nSPS) is 11.0. The zero-order chi connectivity index (χ0) is 16.6. The molecule has 0 aliphatic heterocycles. The minimum atomic E-state index is -1.22. The fourth-order valence-electron chi connectivity index (χ4n) is 1.87. The zero-order valence-corrected chi connectivity index (χ0v) is 13.5. The fraction of sp³-hybridized carbons (Fsp3) is 0.529. The van der Waals surface area contributed by atoms with Gasteiger partial charge in [-0.05, 0) is 36.0 Å². The topological polar surface area (TPSA) is 78.5 Å². The number of carbonyl (C=O) groups excluding carboxylic acids is 2. The summed E-state index contributed by atoms with van der Waals surface area (Å²) in [6.45, 7) is 7.24. The summed E-state index contributed by atoms with van der Waals surface area (Å²) in [5.74, 6) is -0.783. The fourth-order valence-corrected chi connectivity index (χ4v) is 1.87. The molecule has 1 amide bonds. The van der Waals surface area contributed by atoms with Crippen LogP contribution in [0.25, 0.3) is 0 Å². The summed E-state index contributed by atoms with van der Waals surface area (Å²) in [6, 6.07) is 7.95. The van der Waals surface area contributed by atoms with Crippen molar-refractivity contribution >= 4 is 11.9 Å². The molecule has 0 bridgehead atoms. The van der Waals surface area contributed by atoms with Crippen LogP contribution in [0.1, 0.15) is 45.6 Å². The van der Waals surface area contributed by atoms with Crippen LogP contribution in [0.15, 0.2) is 24.3 Å². The standard InChI is InChI=1S/C17H25NO4/c1-4-17(2,3)13-5-7-14(8-6-13)22-12-11-18-15(19)9-10-16(20)21/h5-8H,4,9-12H2,1-3H3,(H,18,19)(H,20,21)/p-1. The number of benzene rings is 1. The van der Waals surface area contributed by atoms with E-state index in [-0.39, 0.29) is 24.2 Å². The lowest BCUT2D eigenvalue weighted by Crippen LogP contribution is -2.30. The molecule has 0 saturated heterocycles. The molecule has 0 aromatic heterocycles. The Labute approximate surface area is 131 Å². The van der Waals surface area contributed by atoms with Crippen LogP contribution in [-0.4, -0.2) is 25.0 Å². The summed E-state index contributed by atoms with van der Waals surface area (Å²) in [5, 5.41) is 12.8. The molecule has 1 aromatic rings. The second-order valence-electron chi connectivity index (χ2n) is 5.83. The predicted molar refractivity (Wildman–Crippen MR) is 82.5 cm³/mol. The summed E-state index contributed by atoms with van der Waals surface area (Å²) >= 11 is 0. The molecule has 5 nitrogen and oxygen atoms in total. The number of hydrogen-bond donors (Lipinski definition) is 1. The van der Waals surface area contributed by atoms with Crippen molar-refractivity contribution < 1.29 is 19.4 Å². The first-order valence-corrected chi connectivity index (χ1v) is 7.55. The number of hydrogen-bond acceptors (Lipinski definition) is 4. The van der Waals surface area contributed by atoms with Gasteiger partial charge >= 0.3 is 0 Å². The molecule has 0 spiro atoms. The van der Waals surface area contributed by atoms with Gasteiger partial charge in [-0.1, -0.05) is 32.9 Å². The zero-order valence-electron chi connectivity index (χ0n) is 13.5. The molecule has 5 heteroatoms. The minimum absolute atomic E-state index is 0.0663. The summed E-state index contributed by atoms with van der Waals surface area (Å²) in [7, 11) is 0. The van der Waals surface area contributed by atoms with E-state index in [4.69, 9.17) is 4.74 Å². The Morgan fingerprint density at radius 3 is 2.36 bits per heavy atom. The van der Waals surface area contributed by atoms with Gasteiger partial charge < -0.3 is 20.0 Å². The third-order valence-corrected chi connectivity index (χ3v) is 3.77. The van der Waals surface area contributed by atoms with E-state index >= 15 is 0 Å². The Morgan fingerprint density at radius 2 is 1.82 bits per heavy atom. The summed E-state index contributed by atoms with van der Waals surface area (Å²) < 4.78 is 5.54. The highest BCUT2D eigenvalue weighted by Crippen LogP contribution is 2.27. The predicted octanol–water partition coefficient (Wildman–Crippen LogP) is 1.40. The highest BCUT2D eigenvalue weighted by Gasteiger charge is 2.17. The molecular weight excluding hydrogens is 282 g/mol. The summed E-state index contributed by atoms with van der Waals surface area (Å²) in [5.41, 5.74) is 1.41. The number of nitrogens with one attached hydrogen (secondary N) is 1. The smallest absolute Gasteiger partial charge is 0.220 e. The molecule has 0 saturated carbocycles. The highest BCUT2D eigenvalue weighted by atomic mass is 16.5. The molecule has 22 heavy (non-hydrogen) atoms. The number of aliphatic carboxylic acids is 1. The van der Waals surface area contributed by atoms with Crippen LogP contribution >= 0.6 is 0 Å². The van der Waals surface area contributed by atoms with Gasteiger partial charge in [0, 0.05) is 12.4 Å². The molecule has 0 heterocycles. The van der Waals surface area contributed by atoms with E-state index in [0.29, 0.717) is 13.2 Å². The lowest BCUT2D eigenvalue weighted by Gasteiger charge is -2.23. The maximum atomic E-state index is 11.3. The average molecular weight is 306 g/mol. The van der Waals surface area contributed by atoms with Gasteiger partial charge in [0.1, 0.15) is 12.4 Å². The van der Waals surface area contributed by atoms with Crippen molar-refractivity contribution in [1.29, 1.82) is 0 Å². The van der Waals surface area contributed by atoms with Gasteiger partial charge in [0.05, 0.1) is 6.54 Å². The van der Waals surface area contributed by atoms with E-state index < -0.39 is 5.97 Å². The maximum Gasteiger partial charge on any atom is 0.220 e. The maximum absolute atomic E-state index is 11.3. The Kier molecular flexibility index (Phi) is 6.89. The highest BCUT2D eigenvalue weighted by molar-refractivity contribution is 5.79. The van der Waals surface area contributed by atoms with Crippen molar-refractivity contribution in [2.45, 2.75) is 45.4 Å². The summed E-state index contributed by atoms with van der Waals surface area (Å²) in [6.07, 6.45) is 0.732. The van der Waals surface area contributed by atoms with Crippen LogP contribution in [0.5, 0.6) is 5.75 Å². The van der Waals surface area contributed by atoms with Crippen molar-refractivity contribution in [3.8, 4) is 5.75 Å². The molecule has 1 N–H and O–H groups in total. The molecule has 0 aliphatic carbocycles. The van der Waals surface area contributed by atoms with E-state index in [1.165, 1.54) is 5.56 Å². The Morgan fingerprint density at radius 1 is 1.18 bits per heavy atom. The molecule has 1 aromatic carbocycles. The van der Waals surface area contributed by atoms with E-state index in [0.717, 1.165) is 12.2 Å². The number of rotatable bonds is 9. The van der Waals surface area contributed by atoms with E-state index in [9.17, 15) is 14.7 Å². The molecule has 1 rings (SSSR count). The monoisotopic (exact) mass is 306 g/mol. The van der Waals surface area contributed by atoms with Crippen molar-refractivity contribution in [2.75, 3.05) is 13.2 Å². The van der Waals surface area contributed by atoms with Crippen LogP contribution in [0.3, 0.4) is 0 Å². The van der Waals surface area contributed by atoms with Crippen LogP contribution < -0.4 is 15.2 Å². The van der Waals surface area contributed by atoms with Crippen molar-refractivity contribution in [3.05, 3.63) is 29.8 Å². The van der Waals surface area contributed by atoms with Crippen LogP contribution in [0.4, 0.5) is 0 Å². The first-order valence-electron chi connectivity index (χ1n) is 7.55. The van der Waals surface area contributed by atoms with Gasteiger partial charge in [-0.15, -0.1) is 0 Å². The van der Waals surface area contributed by atoms with Crippen LogP contribution in [-0.2, 0) is 15.0 Å². The van der Waals surface area contributed by atoms with Crippen molar-refractivity contribution in [2.24, 2.45) is 0 Å². The van der Waals surface area contributed by atoms with Crippen LogP contribution in [0, 0.1) is 0 Å². The number of carboxylic acid groups (broad SMARTS) is 1. The molecular formula is C17H24NO4-. The lowest BCUT2D eigenvalue weighted by atomic mass is 9.82. The molecule has 0 fully saturated rings. The largest absolute Gasteiger partial charge is 0.550 e. The molecule has 0 atom stereocenters. The average Bonchev–Trinajstić information content (AvgIpc) is 2.50. The third kappa shape index (κ3) is 6.16. The molecule has 0 radical (unpaired) electrons. The summed E-state index contributed by atoms with van der Waals surface area (Å²) in [4.78, 5) is 21.5. The molecule has 0 aliphatic rings. The first kappa shape index (κ1) is 18.0. The SMILES string of the molecule is CCC(C)(C)c1ccc(OCCNC(=O)CCC(=O)[O-])cc1. The first-order chi connectivity index (χ1) is 10.3. The van der Waals surface area contributed by atoms with Gasteiger partial charge in [0.15, 0.2) is 0 Å². The minimum Gasteiger partial charge on any atom is -0.550 e. The Hall–Kier alpha value is -2.04. The second-order valence-corrected chi connectivity index (χ2v) is 5.83. The van der Waals surface area contributed by atoms with Gasteiger partial charge in [0.2, 0.25) is 5.91 Å². The number of ether oxygens (including phenoxy) is 1. The van der Waals surface area contributed by atoms with Gasteiger partial charge in [0.25, 0.3) is 0 Å². The van der Waals surface area contributed by atoms with E-state index in [1.807, 2.05) is 12.1 Å². The second kappa shape index (κ2) is 8.41. The Balaban J connectivity index is 2.31. The third-order valence-electron chi connectivity index (χ3n) is 3.77. The van der Waals surface area contributed by atoms with E-state index in [1.54, 1.807) is 0 Å². The van der Waals surface area contributed by atoms with Gasteiger partial charge in [-0.2, -0.15) is 0 Å². The quantitative estimate of drug-likeness (QED) is 0.699. The van der Waals surface area contributed by atoms with Crippen molar-refractivity contribution in [3.63, 3.8) is 0 Å². The Bertz CT molecular complexity index is 494. The number of carboxylic acids is 1. The van der Waals surface area contributed by atoms with Gasteiger partial charge in [-0.25, -0.2) is 0 Å². The van der Waals surface area contributed by atoms with Crippen LogP contribution in [0.2, 0.25) is 0 Å². The molecule has 0 unspecified atom stereocenters. The number of carbonyl (C=O) groups is 2. The number of amides is 1. The van der Waals surface area contributed by atoms with E-state index in [2.05, 4.69) is 38.2 Å². The molecule has 122 valence electrons.